The molecule has 1 aromatic rings. The van der Waals surface area contributed by atoms with Gasteiger partial charge in [0.1, 0.15) is 0 Å². The molecule has 0 amide bonds. The number of rotatable bonds is 6. The molecular weight excluding hydrogens is 196 g/mol. The van der Waals surface area contributed by atoms with Crippen LogP contribution < -0.4 is 5.32 Å². The number of likely N-dealkylation sites (N-methyl/N-ethyl adjacent to an activating group) is 2. The minimum atomic E-state index is 0.528. The first-order valence-corrected chi connectivity index (χ1v) is 6.06. The molecule has 1 rings (SSSR count). The van der Waals surface area contributed by atoms with Crippen LogP contribution in [0.15, 0.2) is 30.3 Å². The van der Waals surface area contributed by atoms with Crippen LogP contribution in [0.4, 0.5) is 0 Å². The molecule has 1 aromatic carbocycles. The predicted octanol–water partition coefficient (Wildman–Crippen LogP) is 2.16. The van der Waals surface area contributed by atoms with Crippen LogP contribution in [0.2, 0.25) is 0 Å². The van der Waals surface area contributed by atoms with Crippen LogP contribution in [-0.2, 0) is 6.42 Å². The fourth-order valence-corrected chi connectivity index (χ4v) is 1.78. The summed E-state index contributed by atoms with van der Waals surface area (Å²) in [4.78, 5) is 2.41. The molecular formula is C14H24N2. The van der Waals surface area contributed by atoms with Gasteiger partial charge in [-0.05, 0) is 39.9 Å². The van der Waals surface area contributed by atoms with Gasteiger partial charge in [-0.25, -0.2) is 0 Å². The highest BCUT2D eigenvalue weighted by Crippen LogP contribution is 2.05. The molecule has 2 nitrogen and oxygen atoms in total. The summed E-state index contributed by atoms with van der Waals surface area (Å²) in [6.45, 7) is 5.60. The number of nitrogens with zero attached hydrogens (tertiary/aromatic N) is 1. The van der Waals surface area contributed by atoms with E-state index in [1.807, 2.05) is 7.05 Å². The Balaban J connectivity index is 2.38. The van der Waals surface area contributed by atoms with Gasteiger partial charge in [0.25, 0.3) is 0 Å². The van der Waals surface area contributed by atoms with E-state index in [1.165, 1.54) is 5.56 Å². The highest BCUT2D eigenvalue weighted by molar-refractivity contribution is 5.14. The van der Waals surface area contributed by atoms with Gasteiger partial charge in [-0.3, -0.25) is 0 Å². The van der Waals surface area contributed by atoms with Gasteiger partial charge in [0, 0.05) is 18.6 Å². The van der Waals surface area contributed by atoms with E-state index in [9.17, 15) is 0 Å². The van der Waals surface area contributed by atoms with Crippen molar-refractivity contribution in [3.63, 3.8) is 0 Å². The van der Waals surface area contributed by atoms with Gasteiger partial charge < -0.3 is 10.2 Å². The van der Waals surface area contributed by atoms with Crippen molar-refractivity contribution in [3.05, 3.63) is 35.9 Å². The highest BCUT2D eigenvalue weighted by Gasteiger charge is 2.14. The van der Waals surface area contributed by atoms with E-state index in [4.69, 9.17) is 0 Å². The van der Waals surface area contributed by atoms with Crippen molar-refractivity contribution in [1.29, 1.82) is 0 Å². The van der Waals surface area contributed by atoms with E-state index >= 15 is 0 Å². The molecule has 0 radical (unpaired) electrons. The van der Waals surface area contributed by atoms with Crippen molar-refractivity contribution in [1.82, 2.24) is 10.2 Å². The van der Waals surface area contributed by atoms with Gasteiger partial charge in [0.15, 0.2) is 0 Å². The zero-order valence-corrected chi connectivity index (χ0v) is 10.9. The maximum atomic E-state index is 3.30. The average molecular weight is 220 g/mol. The Bertz CT molecular complexity index is 284. The van der Waals surface area contributed by atoms with Crippen LogP contribution >= 0.6 is 0 Å². The molecule has 0 saturated carbocycles. The molecule has 1 N–H and O–H groups in total. The summed E-state index contributed by atoms with van der Waals surface area (Å²) in [5.41, 5.74) is 1.42. The first kappa shape index (κ1) is 13.2. The number of hydrogen-bond donors (Lipinski definition) is 1. The third-order valence-electron chi connectivity index (χ3n) is 3.47. The summed E-state index contributed by atoms with van der Waals surface area (Å²) in [7, 11) is 4.22. The fraction of sp³-hybridized carbons (Fsp3) is 0.571. The molecule has 90 valence electrons. The summed E-state index contributed by atoms with van der Waals surface area (Å²) in [6, 6.07) is 11.8. The fourth-order valence-electron chi connectivity index (χ4n) is 1.78. The second-order valence-corrected chi connectivity index (χ2v) is 4.53. The first-order chi connectivity index (χ1) is 7.65. The van der Waals surface area contributed by atoms with Crippen molar-refractivity contribution < 1.29 is 0 Å². The molecule has 2 atom stereocenters. The summed E-state index contributed by atoms with van der Waals surface area (Å²) in [5.74, 6) is 0. The van der Waals surface area contributed by atoms with Gasteiger partial charge in [-0.15, -0.1) is 0 Å². The molecule has 2 heteroatoms. The molecule has 0 heterocycles. The summed E-state index contributed by atoms with van der Waals surface area (Å²) < 4.78 is 0. The minimum absolute atomic E-state index is 0.528. The van der Waals surface area contributed by atoms with E-state index in [0.29, 0.717) is 12.1 Å². The predicted molar refractivity (Wildman–Crippen MR) is 70.8 cm³/mol. The lowest BCUT2D eigenvalue weighted by Crippen LogP contribution is -2.44. The second kappa shape index (κ2) is 6.66. The van der Waals surface area contributed by atoms with E-state index in [2.05, 4.69) is 61.4 Å². The Morgan fingerprint density at radius 2 is 1.81 bits per heavy atom. The molecule has 0 aliphatic heterocycles. The largest absolute Gasteiger partial charge is 0.316 e. The van der Waals surface area contributed by atoms with Gasteiger partial charge in [-0.2, -0.15) is 0 Å². The molecule has 0 aliphatic rings. The van der Waals surface area contributed by atoms with Crippen LogP contribution in [0.5, 0.6) is 0 Å². The molecule has 0 aliphatic carbocycles. The molecule has 0 spiro atoms. The Hall–Kier alpha value is -0.860. The quantitative estimate of drug-likeness (QED) is 0.790. The van der Waals surface area contributed by atoms with Gasteiger partial charge >= 0.3 is 0 Å². The first-order valence-electron chi connectivity index (χ1n) is 6.06. The van der Waals surface area contributed by atoms with Crippen LogP contribution in [0.1, 0.15) is 19.4 Å². The number of benzene rings is 1. The molecule has 16 heavy (non-hydrogen) atoms. The van der Waals surface area contributed by atoms with Gasteiger partial charge in [0.05, 0.1) is 0 Å². The maximum Gasteiger partial charge on any atom is 0.0215 e. The topological polar surface area (TPSA) is 15.3 Å². The van der Waals surface area contributed by atoms with Crippen LogP contribution in [0, 0.1) is 0 Å². The molecule has 2 unspecified atom stereocenters. The van der Waals surface area contributed by atoms with Crippen molar-refractivity contribution >= 4 is 0 Å². The lowest BCUT2D eigenvalue weighted by molar-refractivity contribution is 0.221. The SMILES string of the molecule is CNC(C)C(C)N(C)CCc1ccccc1. The zero-order valence-electron chi connectivity index (χ0n) is 10.9. The maximum absolute atomic E-state index is 3.30. The monoisotopic (exact) mass is 220 g/mol. The van der Waals surface area contributed by atoms with E-state index in [0.717, 1.165) is 13.0 Å². The second-order valence-electron chi connectivity index (χ2n) is 4.53. The molecule has 0 saturated heterocycles. The van der Waals surface area contributed by atoms with Gasteiger partial charge in [0.2, 0.25) is 0 Å². The van der Waals surface area contributed by atoms with Crippen molar-refractivity contribution in [2.75, 3.05) is 20.6 Å². The summed E-state index contributed by atoms with van der Waals surface area (Å²) in [6.07, 6.45) is 1.12. The Labute approximate surface area is 99.7 Å². The average Bonchev–Trinajstić information content (AvgIpc) is 2.35. The van der Waals surface area contributed by atoms with Crippen LogP contribution in [-0.4, -0.2) is 37.6 Å². The third-order valence-corrected chi connectivity index (χ3v) is 3.47. The molecule has 0 bridgehead atoms. The lowest BCUT2D eigenvalue weighted by atomic mass is 10.1. The smallest absolute Gasteiger partial charge is 0.0215 e. The highest BCUT2D eigenvalue weighted by atomic mass is 15.1. The third kappa shape index (κ3) is 3.95. The molecule has 0 fully saturated rings. The van der Waals surface area contributed by atoms with Crippen molar-refractivity contribution in [2.45, 2.75) is 32.4 Å². The Morgan fingerprint density at radius 3 is 2.38 bits per heavy atom. The van der Waals surface area contributed by atoms with Crippen LogP contribution in [0.3, 0.4) is 0 Å². The Morgan fingerprint density at radius 1 is 1.19 bits per heavy atom. The Kier molecular flexibility index (Phi) is 5.50. The summed E-state index contributed by atoms with van der Waals surface area (Å²) >= 11 is 0. The van der Waals surface area contributed by atoms with Crippen LogP contribution in [0.25, 0.3) is 0 Å². The normalized spacial score (nSPS) is 15.1. The van der Waals surface area contributed by atoms with Gasteiger partial charge in [-0.1, -0.05) is 30.3 Å². The van der Waals surface area contributed by atoms with E-state index < -0.39 is 0 Å². The zero-order chi connectivity index (χ0) is 12.0. The van der Waals surface area contributed by atoms with Crippen molar-refractivity contribution in [2.24, 2.45) is 0 Å². The van der Waals surface area contributed by atoms with E-state index in [-0.39, 0.29) is 0 Å². The minimum Gasteiger partial charge on any atom is -0.316 e. The van der Waals surface area contributed by atoms with E-state index in [1.54, 1.807) is 0 Å². The molecule has 0 aromatic heterocycles. The lowest BCUT2D eigenvalue weighted by Gasteiger charge is -2.29. The number of hydrogen-bond acceptors (Lipinski definition) is 2. The summed E-state index contributed by atoms with van der Waals surface area (Å²) in [5, 5.41) is 3.30. The van der Waals surface area contributed by atoms with Crippen molar-refractivity contribution in [3.8, 4) is 0 Å². The standard InChI is InChI=1S/C14H24N2/c1-12(15-3)13(2)16(4)11-10-14-8-6-5-7-9-14/h5-9,12-13,15H,10-11H2,1-4H3. The number of nitrogens with one attached hydrogen (secondary N) is 1.